The van der Waals surface area contributed by atoms with Gasteiger partial charge in [-0.3, -0.25) is 19.6 Å². The number of hydrogen-bond acceptors (Lipinski definition) is 7. The number of rotatable bonds is 4. The monoisotopic (exact) mass is 340 g/mol. The van der Waals surface area contributed by atoms with Gasteiger partial charge in [0.25, 0.3) is 0 Å². The van der Waals surface area contributed by atoms with Crippen LogP contribution in [0.2, 0.25) is 0 Å². The van der Waals surface area contributed by atoms with Crippen molar-refractivity contribution in [2.45, 2.75) is 19.3 Å². The Kier molecular flexibility index (Phi) is 4.47. The van der Waals surface area contributed by atoms with Crippen LogP contribution in [-0.4, -0.2) is 28.2 Å². The first kappa shape index (κ1) is 16.6. The molecule has 25 heavy (non-hydrogen) atoms. The van der Waals surface area contributed by atoms with Crippen molar-refractivity contribution in [1.82, 2.24) is 9.97 Å². The van der Waals surface area contributed by atoms with Gasteiger partial charge in [-0.25, -0.2) is 0 Å². The van der Waals surface area contributed by atoms with Crippen LogP contribution in [-0.2, 0) is 9.53 Å². The molecule has 0 saturated heterocycles. The highest BCUT2D eigenvalue weighted by Gasteiger charge is 2.28. The van der Waals surface area contributed by atoms with Gasteiger partial charge in [0, 0.05) is 18.5 Å². The van der Waals surface area contributed by atoms with Crippen LogP contribution in [0.5, 0.6) is 5.75 Å². The molecule has 0 aliphatic heterocycles. The summed E-state index contributed by atoms with van der Waals surface area (Å²) in [6, 6.07) is 6.50. The molecular formula is C18H16N2O5. The van der Waals surface area contributed by atoms with Gasteiger partial charge in [0.05, 0.1) is 30.5 Å². The van der Waals surface area contributed by atoms with Gasteiger partial charge in [0.1, 0.15) is 5.76 Å². The fraction of sp³-hybridized carbons (Fsp3) is 0.222. The summed E-state index contributed by atoms with van der Waals surface area (Å²) in [5.41, 5.74) is 1.23. The molecule has 0 aliphatic rings. The van der Waals surface area contributed by atoms with Gasteiger partial charge in [-0.05, 0) is 18.6 Å². The van der Waals surface area contributed by atoms with Crippen molar-refractivity contribution in [2.75, 3.05) is 7.11 Å². The minimum atomic E-state index is -0.736. The highest BCUT2D eigenvalue weighted by atomic mass is 16.5. The first-order valence-electron chi connectivity index (χ1n) is 7.61. The van der Waals surface area contributed by atoms with Crippen molar-refractivity contribution in [1.29, 1.82) is 0 Å². The summed E-state index contributed by atoms with van der Waals surface area (Å²) in [5, 5.41) is 10.2. The van der Waals surface area contributed by atoms with Crippen LogP contribution in [0.1, 0.15) is 29.4 Å². The van der Waals surface area contributed by atoms with Crippen LogP contribution < -0.4 is 5.43 Å². The van der Waals surface area contributed by atoms with E-state index in [2.05, 4.69) is 9.97 Å². The largest absolute Gasteiger partial charge is 0.502 e. The number of carbonyl (C=O) groups excluding carboxylic acids is 1. The van der Waals surface area contributed by atoms with Gasteiger partial charge < -0.3 is 14.3 Å². The fourth-order valence-electron chi connectivity index (χ4n) is 2.75. The van der Waals surface area contributed by atoms with E-state index in [1.165, 1.54) is 19.4 Å². The fourth-order valence-corrected chi connectivity index (χ4v) is 2.75. The molecule has 3 rings (SSSR count). The summed E-state index contributed by atoms with van der Waals surface area (Å²) >= 11 is 0. The number of esters is 1. The van der Waals surface area contributed by atoms with E-state index < -0.39 is 23.1 Å². The van der Waals surface area contributed by atoms with E-state index in [9.17, 15) is 14.7 Å². The molecule has 7 nitrogen and oxygen atoms in total. The lowest BCUT2D eigenvalue weighted by atomic mass is 9.91. The van der Waals surface area contributed by atoms with Crippen LogP contribution in [0.15, 0.2) is 45.9 Å². The van der Waals surface area contributed by atoms with Crippen molar-refractivity contribution in [3.63, 3.8) is 0 Å². The molecule has 1 N–H and O–H groups in total. The Balaban J connectivity index is 2.26. The summed E-state index contributed by atoms with van der Waals surface area (Å²) in [4.78, 5) is 32.4. The maximum absolute atomic E-state index is 12.0. The van der Waals surface area contributed by atoms with Crippen molar-refractivity contribution >= 4 is 17.0 Å². The number of hydrogen-bond donors (Lipinski definition) is 1. The molecule has 0 radical (unpaired) electrons. The zero-order valence-corrected chi connectivity index (χ0v) is 13.7. The first-order chi connectivity index (χ1) is 12.0. The van der Waals surface area contributed by atoms with E-state index in [0.717, 1.165) is 0 Å². The number of methoxy groups -OCH3 is 1. The summed E-state index contributed by atoms with van der Waals surface area (Å²) in [6.45, 7) is 1.60. The van der Waals surface area contributed by atoms with Crippen molar-refractivity contribution in [3.8, 4) is 5.75 Å². The molecular weight excluding hydrogens is 324 g/mol. The number of aromatic hydroxyl groups is 1. The van der Waals surface area contributed by atoms with Crippen LogP contribution in [0.3, 0.4) is 0 Å². The van der Waals surface area contributed by atoms with Crippen LogP contribution in [0.4, 0.5) is 0 Å². The molecule has 0 spiro atoms. The first-order valence-corrected chi connectivity index (χ1v) is 7.61. The van der Waals surface area contributed by atoms with Gasteiger partial charge in [-0.15, -0.1) is 0 Å². The quantitative estimate of drug-likeness (QED) is 0.727. The van der Waals surface area contributed by atoms with E-state index in [4.69, 9.17) is 9.15 Å². The zero-order valence-electron chi connectivity index (χ0n) is 13.7. The number of nitrogens with zero attached hydrogens (tertiary/aromatic N) is 2. The molecule has 1 aromatic carbocycles. The lowest BCUT2D eigenvalue weighted by Gasteiger charge is -2.18. The molecule has 0 unspecified atom stereocenters. The normalized spacial score (nSPS) is 12.1. The third kappa shape index (κ3) is 3.21. The molecule has 0 saturated carbocycles. The lowest BCUT2D eigenvalue weighted by molar-refractivity contribution is -0.140. The molecule has 0 amide bonds. The molecule has 2 heterocycles. The number of aryl methyl sites for hydroxylation is 1. The Morgan fingerprint density at radius 3 is 2.84 bits per heavy atom. The topological polar surface area (TPSA) is 103 Å². The zero-order chi connectivity index (χ0) is 18.0. The SMILES string of the molecule is COC(=O)C[C@H](c1oc(C)cc(=O)c1O)c1cccc2nccnc12. The average molecular weight is 340 g/mol. The Morgan fingerprint density at radius 1 is 1.32 bits per heavy atom. The maximum Gasteiger partial charge on any atom is 0.306 e. The van der Waals surface area contributed by atoms with E-state index in [0.29, 0.717) is 22.4 Å². The smallest absolute Gasteiger partial charge is 0.306 e. The summed E-state index contributed by atoms with van der Waals surface area (Å²) < 4.78 is 10.4. The molecule has 0 bridgehead atoms. The molecule has 0 aliphatic carbocycles. The van der Waals surface area contributed by atoms with Gasteiger partial charge >= 0.3 is 5.97 Å². The minimum absolute atomic E-state index is 0.00792. The van der Waals surface area contributed by atoms with Crippen LogP contribution >= 0.6 is 0 Å². The number of aromatic nitrogens is 2. The van der Waals surface area contributed by atoms with Crippen LogP contribution in [0.25, 0.3) is 11.0 Å². The Morgan fingerprint density at radius 2 is 2.08 bits per heavy atom. The lowest BCUT2D eigenvalue weighted by Crippen LogP contribution is -2.14. The van der Waals surface area contributed by atoms with Gasteiger partial charge in [0.2, 0.25) is 11.2 Å². The molecule has 7 heteroatoms. The number of para-hydroxylation sites is 1. The molecule has 0 fully saturated rings. The number of fused-ring (bicyclic) bond motifs is 1. The third-order valence-electron chi connectivity index (χ3n) is 3.89. The highest BCUT2D eigenvalue weighted by molar-refractivity contribution is 5.80. The van der Waals surface area contributed by atoms with Gasteiger partial charge in [-0.1, -0.05) is 12.1 Å². The van der Waals surface area contributed by atoms with Gasteiger partial charge in [-0.2, -0.15) is 0 Å². The number of ether oxygens (including phenoxy) is 1. The van der Waals surface area contributed by atoms with E-state index in [1.54, 1.807) is 31.3 Å². The summed E-state index contributed by atoms with van der Waals surface area (Å²) in [5.74, 6) is -1.43. The molecule has 1 atom stereocenters. The highest BCUT2D eigenvalue weighted by Crippen LogP contribution is 2.35. The van der Waals surface area contributed by atoms with Crippen molar-refractivity contribution < 1.29 is 19.1 Å². The molecule has 2 aromatic heterocycles. The van der Waals surface area contributed by atoms with Crippen molar-refractivity contribution in [2.24, 2.45) is 0 Å². The van der Waals surface area contributed by atoms with E-state index in [-0.39, 0.29) is 12.2 Å². The van der Waals surface area contributed by atoms with Gasteiger partial charge in [0.15, 0.2) is 5.76 Å². The van der Waals surface area contributed by atoms with E-state index >= 15 is 0 Å². The third-order valence-corrected chi connectivity index (χ3v) is 3.89. The molecule has 3 aromatic rings. The maximum atomic E-state index is 12.0. The Hall–Kier alpha value is -3.22. The number of benzene rings is 1. The van der Waals surface area contributed by atoms with E-state index in [1.807, 2.05) is 0 Å². The standard InChI is InChI=1S/C18H16N2O5/c1-10-8-14(21)17(23)18(25-10)12(9-15(22)24-2)11-4-3-5-13-16(11)20-7-6-19-13/h3-8,12,23H,9H2,1-2H3/t12-/m0/s1. The second-order valence-corrected chi connectivity index (χ2v) is 5.54. The second-order valence-electron chi connectivity index (χ2n) is 5.54. The number of carbonyl (C=O) groups is 1. The average Bonchev–Trinajstić information content (AvgIpc) is 2.62. The second kappa shape index (κ2) is 6.72. The predicted molar refractivity (Wildman–Crippen MR) is 89.4 cm³/mol. The summed E-state index contributed by atoms with van der Waals surface area (Å²) in [7, 11) is 1.27. The Bertz CT molecular complexity index is 991. The minimum Gasteiger partial charge on any atom is -0.502 e. The summed E-state index contributed by atoms with van der Waals surface area (Å²) in [6.07, 6.45) is 2.98. The predicted octanol–water partition coefficient (Wildman–Crippen LogP) is 2.29. The van der Waals surface area contributed by atoms with Crippen molar-refractivity contribution in [3.05, 3.63) is 64.0 Å². The van der Waals surface area contributed by atoms with Crippen LogP contribution in [0, 0.1) is 6.92 Å². The molecule has 128 valence electrons. The Labute approximate surface area is 142 Å².